The summed E-state index contributed by atoms with van der Waals surface area (Å²) in [6, 6.07) is 15.2. The maximum atomic E-state index is 5.45. The first kappa shape index (κ1) is 8.39. The number of hydrogen-bond donors (Lipinski definition) is 0. The van der Waals surface area contributed by atoms with Crippen LogP contribution in [0.3, 0.4) is 0 Å². The minimum absolute atomic E-state index is 0.162. The predicted octanol–water partition coefficient (Wildman–Crippen LogP) is 3.22. The van der Waals surface area contributed by atoms with Crippen LogP contribution in [0.25, 0.3) is 10.8 Å². The molecule has 0 aromatic heterocycles. The molecule has 0 spiro atoms. The van der Waals surface area contributed by atoms with Gasteiger partial charge < -0.3 is 4.74 Å². The zero-order chi connectivity index (χ0) is 9.10. The van der Waals surface area contributed by atoms with Crippen LogP contribution in [-0.4, -0.2) is 6.07 Å². The van der Waals surface area contributed by atoms with Crippen molar-refractivity contribution in [3.63, 3.8) is 0 Å². The third-order valence-electron chi connectivity index (χ3n) is 1.84. The van der Waals surface area contributed by atoms with Gasteiger partial charge in [0.1, 0.15) is 5.75 Å². The predicted molar refractivity (Wildman–Crippen MR) is 54.1 cm³/mol. The molecule has 2 rings (SSSR count). The number of rotatable bonds is 2. The number of benzene rings is 2. The van der Waals surface area contributed by atoms with Crippen LogP contribution in [0.5, 0.6) is 5.75 Å². The normalized spacial score (nSPS) is 10.2. The topological polar surface area (TPSA) is 9.23 Å². The lowest BCUT2D eigenvalue weighted by atomic mass is 10.1. The highest BCUT2D eigenvalue weighted by atomic mass is 35.5. The number of fused-ring (bicyclic) bond motifs is 1. The van der Waals surface area contributed by atoms with Crippen LogP contribution in [0.15, 0.2) is 36.4 Å². The molecule has 2 aromatic carbocycles. The van der Waals surface area contributed by atoms with E-state index >= 15 is 0 Å². The van der Waals surface area contributed by atoms with Gasteiger partial charge in [0.05, 0.1) is 0 Å². The van der Waals surface area contributed by atoms with E-state index in [0.717, 1.165) is 10.8 Å². The van der Waals surface area contributed by atoms with E-state index in [0.29, 0.717) is 5.75 Å². The number of hydrogen-bond acceptors (Lipinski definition) is 1. The zero-order valence-electron chi connectivity index (χ0n) is 6.96. The van der Waals surface area contributed by atoms with Gasteiger partial charge >= 0.3 is 0 Å². The van der Waals surface area contributed by atoms with Crippen LogP contribution >= 0.6 is 11.6 Å². The molecule has 13 heavy (non-hydrogen) atoms. The van der Waals surface area contributed by atoms with E-state index in [1.54, 1.807) is 0 Å². The van der Waals surface area contributed by atoms with Gasteiger partial charge in [-0.05, 0) is 16.8 Å². The van der Waals surface area contributed by atoms with Crippen LogP contribution < -0.4 is 4.74 Å². The Balaban J connectivity index is 2.49. The lowest BCUT2D eigenvalue weighted by molar-refractivity contribution is 0.388. The van der Waals surface area contributed by atoms with Crippen LogP contribution in [0.2, 0.25) is 0 Å². The van der Waals surface area contributed by atoms with Gasteiger partial charge in [-0.15, -0.1) is 0 Å². The van der Waals surface area contributed by atoms with Crippen molar-refractivity contribution < 1.29 is 4.74 Å². The standard InChI is InChI=1S/C11H8ClO/c12-8-13-11-6-5-9-3-1-2-4-10(9)7-11/h1-6H,8H2. The molecule has 0 aliphatic heterocycles. The van der Waals surface area contributed by atoms with E-state index in [2.05, 4.69) is 6.07 Å². The molecule has 0 heterocycles. The Hall–Kier alpha value is -1.21. The molecule has 0 bridgehead atoms. The fourth-order valence-corrected chi connectivity index (χ4v) is 1.36. The molecule has 2 aromatic rings. The molecule has 2 heteroatoms. The molecule has 0 saturated carbocycles. The summed E-state index contributed by atoms with van der Waals surface area (Å²) in [4.78, 5) is 0. The average molecular weight is 192 g/mol. The molecular weight excluding hydrogens is 184 g/mol. The van der Waals surface area contributed by atoms with Gasteiger partial charge in [0.15, 0.2) is 6.07 Å². The molecule has 0 amide bonds. The van der Waals surface area contributed by atoms with Gasteiger partial charge in [-0.25, -0.2) is 0 Å². The summed E-state index contributed by atoms with van der Waals surface area (Å²) >= 11 is 5.45. The van der Waals surface area contributed by atoms with Crippen LogP contribution in [-0.2, 0) is 0 Å². The second kappa shape index (κ2) is 3.67. The van der Waals surface area contributed by atoms with E-state index in [1.807, 2.05) is 36.4 Å². The third-order valence-corrected chi connectivity index (χ3v) is 1.95. The van der Waals surface area contributed by atoms with Crippen LogP contribution in [0, 0.1) is 6.07 Å². The van der Waals surface area contributed by atoms with E-state index in [-0.39, 0.29) is 6.07 Å². The summed E-state index contributed by atoms with van der Waals surface area (Å²) in [5, 5.41) is 2.20. The quantitative estimate of drug-likeness (QED) is 0.663. The van der Waals surface area contributed by atoms with Crippen molar-refractivity contribution in [3.05, 3.63) is 42.5 Å². The van der Waals surface area contributed by atoms with Gasteiger partial charge in [0.2, 0.25) is 0 Å². The molecule has 0 saturated heterocycles. The molecule has 0 aliphatic rings. The monoisotopic (exact) mass is 191 g/mol. The zero-order valence-corrected chi connectivity index (χ0v) is 7.71. The highest BCUT2D eigenvalue weighted by Gasteiger charge is 1.95. The first-order valence-corrected chi connectivity index (χ1v) is 4.53. The van der Waals surface area contributed by atoms with E-state index in [4.69, 9.17) is 16.3 Å². The van der Waals surface area contributed by atoms with Crippen molar-refractivity contribution in [1.82, 2.24) is 0 Å². The Morgan fingerprint density at radius 1 is 1.15 bits per heavy atom. The van der Waals surface area contributed by atoms with E-state index in [9.17, 15) is 0 Å². The first-order chi connectivity index (χ1) is 6.40. The summed E-state index contributed by atoms with van der Waals surface area (Å²) in [6.45, 7) is 0. The fraction of sp³-hybridized carbons (Fsp3) is 0.0909. The molecule has 65 valence electrons. The Kier molecular flexibility index (Phi) is 2.37. The van der Waals surface area contributed by atoms with Gasteiger partial charge in [0, 0.05) is 6.07 Å². The lowest BCUT2D eigenvalue weighted by Crippen LogP contribution is -1.88. The first-order valence-electron chi connectivity index (χ1n) is 4.00. The number of ether oxygens (including phenoxy) is 1. The van der Waals surface area contributed by atoms with Gasteiger partial charge in [-0.1, -0.05) is 41.9 Å². The Bertz CT molecular complexity index is 412. The summed E-state index contributed by atoms with van der Waals surface area (Å²) in [5.41, 5.74) is 0. The Morgan fingerprint density at radius 3 is 2.85 bits per heavy atom. The van der Waals surface area contributed by atoms with Gasteiger partial charge in [-0.2, -0.15) is 0 Å². The fourth-order valence-electron chi connectivity index (χ4n) is 1.24. The van der Waals surface area contributed by atoms with Crippen molar-refractivity contribution in [3.8, 4) is 5.75 Å². The summed E-state index contributed by atoms with van der Waals surface area (Å²) in [6.07, 6.45) is 0. The highest BCUT2D eigenvalue weighted by molar-refractivity contribution is 6.17. The van der Waals surface area contributed by atoms with E-state index in [1.165, 1.54) is 0 Å². The Morgan fingerprint density at radius 2 is 2.00 bits per heavy atom. The largest absolute Gasteiger partial charge is 0.477 e. The molecular formula is C11H8ClO. The number of halogens is 1. The van der Waals surface area contributed by atoms with Crippen molar-refractivity contribution in [2.75, 3.05) is 6.07 Å². The van der Waals surface area contributed by atoms with Crippen molar-refractivity contribution >= 4 is 22.4 Å². The Labute approximate surface area is 81.9 Å². The molecule has 0 unspecified atom stereocenters. The maximum Gasteiger partial charge on any atom is 0.162 e. The molecule has 1 nitrogen and oxygen atoms in total. The molecule has 0 N–H and O–H groups in total. The third kappa shape index (κ3) is 1.76. The van der Waals surface area contributed by atoms with Crippen LogP contribution in [0.4, 0.5) is 0 Å². The smallest absolute Gasteiger partial charge is 0.162 e. The van der Waals surface area contributed by atoms with Gasteiger partial charge in [0.25, 0.3) is 0 Å². The van der Waals surface area contributed by atoms with E-state index < -0.39 is 0 Å². The summed E-state index contributed by atoms with van der Waals surface area (Å²) in [7, 11) is 0. The molecule has 0 fully saturated rings. The molecule has 1 radical (unpaired) electrons. The lowest BCUT2D eigenvalue weighted by Gasteiger charge is -2.02. The molecule has 0 atom stereocenters. The number of alkyl halides is 1. The summed E-state index contributed by atoms with van der Waals surface area (Å²) < 4.78 is 5.12. The van der Waals surface area contributed by atoms with Crippen molar-refractivity contribution in [2.24, 2.45) is 0 Å². The minimum Gasteiger partial charge on any atom is -0.477 e. The second-order valence-electron chi connectivity index (χ2n) is 2.66. The highest BCUT2D eigenvalue weighted by Crippen LogP contribution is 2.19. The SMILES string of the molecule is ClCOc1[c]c2ccccc2cc1. The van der Waals surface area contributed by atoms with Gasteiger partial charge in [-0.3, -0.25) is 0 Å². The second-order valence-corrected chi connectivity index (χ2v) is 2.88. The molecule has 0 aliphatic carbocycles. The van der Waals surface area contributed by atoms with Crippen molar-refractivity contribution in [1.29, 1.82) is 0 Å². The minimum atomic E-state index is 0.162. The average Bonchev–Trinajstić information content (AvgIpc) is 2.18. The van der Waals surface area contributed by atoms with Crippen LogP contribution in [0.1, 0.15) is 0 Å². The summed E-state index contributed by atoms with van der Waals surface area (Å²) in [5.74, 6) is 0.689. The van der Waals surface area contributed by atoms with Crippen molar-refractivity contribution in [2.45, 2.75) is 0 Å². The maximum absolute atomic E-state index is 5.45.